The molecule has 1 saturated heterocycles. The van der Waals surface area contributed by atoms with Crippen molar-refractivity contribution in [3.63, 3.8) is 0 Å². The number of amides is 2. The van der Waals surface area contributed by atoms with Crippen LogP contribution in [0.25, 0.3) is 0 Å². The van der Waals surface area contributed by atoms with Gasteiger partial charge in [0.15, 0.2) is 0 Å². The Kier molecular flexibility index (Phi) is 2.81. The van der Waals surface area contributed by atoms with Crippen LogP contribution in [0.2, 0.25) is 0 Å². The van der Waals surface area contributed by atoms with E-state index < -0.39 is 0 Å². The third kappa shape index (κ3) is 1.87. The summed E-state index contributed by atoms with van der Waals surface area (Å²) in [5, 5.41) is 2.74. The van der Waals surface area contributed by atoms with Crippen molar-refractivity contribution in [1.29, 1.82) is 0 Å². The maximum atomic E-state index is 13.4. The van der Waals surface area contributed by atoms with E-state index in [-0.39, 0.29) is 17.9 Å². The molecule has 1 heterocycles. The Morgan fingerprint density at radius 3 is 2.81 bits per heavy atom. The number of nitrogens with zero attached hydrogens (tertiary/aromatic N) is 1. The zero-order valence-electron chi connectivity index (χ0n) is 9.46. The molecule has 1 fully saturated rings. The standard InChI is InChI=1S/C12H15FN2O/c1-8-3-4-10(7-11(8)13)9(2)15-6-5-14-12(15)16/h3-4,7,9H,5-6H2,1-2H3,(H,14,16). The van der Waals surface area contributed by atoms with E-state index in [0.29, 0.717) is 18.7 Å². The third-order valence-electron chi connectivity index (χ3n) is 3.04. The summed E-state index contributed by atoms with van der Waals surface area (Å²) in [6.07, 6.45) is 0. The normalized spacial score (nSPS) is 17.4. The molecule has 1 aliphatic rings. The zero-order chi connectivity index (χ0) is 11.7. The largest absolute Gasteiger partial charge is 0.336 e. The number of nitrogens with one attached hydrogen (secondary N) is 1. The first-order chi connectivity index (χ1) is 7.59. The van der Waals surface area contributed by atoms with Crippen LogP contribution in [-0.2, 0) is 0 Å². The van der Waals surface area contributed by atoms with Gasteiger partial charge >= 0.3 is 6.03 Å². The molecule has 1 atom stereocenters. The monoisotopic (exact) mass is 222 g/mol. The van der Waals surface area contributed by atoms with Crippen molar-refractivity contribution < 1.29 is 9.18 Å². The van der Waals surface area contributed by atoms with Gasteiger partial charge in [0.25, 0.3) is 0 Å². The van der Waals surface area contributed by atoms with Gasteiger partial charge in [-0.3, -0.25) is 0 Å². The Morgan fingerprint density at radius 1 is 1.50 bits per heavy atom. The lowest BCUT2D eigenvalue weighted by atomic mass is 10.1. The smallest absolute Gasteiger partial charge is 0.318 e. The van der Waals surface area contributed by atoms with Crippen LogP contribution in [0.15, 0.2) is 18.2 Å². The summed E-state index contributed by atoms with van der Waals surface area (Å²) in [5.74, 6) is -0.219. The van der Waals surface area contributed by atoms with E-state index >= 15 is 0 Å². The van der Waals surface area contributed by atoms with Crippen molar-refractivity contribution in [2.24, 2.45) is 0 Å². The molecule has 1 unspecified atom stereocenters. The number of carbonyl (C=O) groups is 1. The summed E-state index contributed by atoms with van der Waals surface area (Å²) >= 11 is 0. The lowest BCUT2D eigenvalue weighted by molar-refractivity contribution is 0.202. The first-order valence-corrected chi connectivity index (χ1v) is 5.40. The van der Waals surface area contributed by atoms with Gasteiger partial charge in [0, 0.05) is 13.1 Å². The second-order valence-electron chi connectivity index (χ2n) is 4.11. The van der Waals surface area contributed by atoms with E-state index in [9.17, 15) is 9.18 Å². The quantitative estimate of drug-likeness (QED) is 0.817. The molecule has 0 bridgehead atoms. The molecule has 86 valence electrons. The van der Waals surface area contributed by atoms with Gasteiger partial charge in [-0.2, -0.15) is 0 Å². The predicted molar refractivity (Wildman–Crippen MR) is 59.7 cm³/mol. The Labute approximate surface area is 94.3 Å². The van der Waals surface area contributed by atoms with Crippen molar-refractivity contribution >= 4 is 6.03 Å². The van der Waals surface area contributed by atoms with Crippen LogP contribution in [0.1, 0.15) is 24.1 Å². The van der Waals surface area contributed by atoms with Gasteiger partial charge in [-0.1, -0.05) is 12.1 Å². The molecule has 0 radical (unpaired) electrons. The van der Waals surface area contributed by atoms with E-state index in [4.69, 9.17) is 0 Å². The SMILES string of the molecule is Cc1ccc(C(C)N2CCNC2=O)cc1F. The molecule has 0 aromatic heterocycles. The molecule has 16 heavy (non-hydrogen) atoms. The van der Waals surface area contributed by atoms with E-state index in [1.807, 2.05) is 13.0 Å². The molecule has 2 amide bonds. The van der Waals surface area contributed by atoms with Crippen LogP contribution in [0.3, 0.4) is 0 Å². The lowest BCUT2D eigenvalue weighted by Crippen LogP contribution is -2.30. The molecule has 0 saturated carbocycles. The zero-order valence-corrected chi connectivity index (χ0v) is 9.46. The van der Waals surface area contributed by atoms with Crippen molar-refractivity contribution in [2.45, 2.75) is 19.9 Å². The number of hydrogen-bond acceptors (Lipinski definition) is 1. The molecule has 1 aliphatic heterocycles. The van der Waals surface area contributed by atoms with Gasteiger partial charge in [-0.25, -0.2) is 9.18 Å². The minimum absolute atomic E-state index is 0.0755. The predicted octanol–water partition coefficient (Wildman–Crippen LogP) is 2.22. The second kappa shape index (κ2) is 4.12. The fourth-order valence-corrected chi connectivity index (χ4v) is 1.90. The van der Waals surface area contributed by atoms with Gasteiger partial charge in [0.2, 0.25) is 0 Å². The average molecular weight is 222 g/mol. The van der Waals surface area contributed by atoms with Gasteiger partial charge in [-0.15, -0.1) is 0 Å². The van der Waals surface area contributed by atoms with E-state index in [0.717, 1.165) is 5.56 Å². The van der Waals surface area contributed by atoms with Crippen LogP contribution in [0.5, 0.6) is 0 Å². The number of benzene rings is 1. The summed E-state index contributed by atoms with van der Waals surface area (Å²) < 4.78 is 13.4. The number of aryl methyl sites for hydroxylation is 1. The first-order valence-electron chi connectivity index (χ1n) is 5.40. The molecule has 1 aromatic carbocycles. The highest BCUT2D eigenvalue weighted by atomic mass is 19.1. The number of urea groups is 1. The molecule has 4 heteroatoms. The fraction of sp³-hybridized carbons (Fsp3) is 0.417. The highest BCUT2D eigenvalue weighted by Crippen LogP contribution is 2.23. The Balaban J connectivity index is 2.23. The van der Waals surface area contributed by atoms with Gasteiger partial charge in [0.1, 0.15) is 5.82 Å². The maximum absolute atomic E-state index is 13.4. The summed E-state index contributed by atoms with van der Waals surface area (Å²) in [7, 11) is 0. The minimum Gasteiger partial charge on any atom is -0.336 e. The van der Waals surface area contributed by atoms with Crippen LogP contribution in [-0.4, -0.2) is 24.0 Å². The Hall–Kier alpha value is -1.58. The Morgan fingerprint density at radius 2 is 2.25 bits per heavy atom. The minimum atomic E-state index is -0.219. The fourth-order valence-electron chi connectivity index (χ4n) is 1.90. The number of hydrogen-bond donors (Lipinski definition) is 1. The van der Waals surface area contributed by atoms with Crippen LogP contribution in [0.4, 0.5) is 9.18 Å². The van der Waals surface area contributed by atoms with Crippen LogP contribution < -0.4 is 5.32 Å². The second-order valence-corrected chi connectivity index (χ2v) is 4.11. The molecular weight excluding hydrogens is 207 g/mol. The average Bonchev–Trinajstić information content (AvgIpc) is 2.67. The number of carbonyl (C=O) groups excluding carboxylic acids is 1. The summed E-state index contributed by atoms with van der Waals surface area (Å²) in [6, 6.07) is 4.96. The first kappa shape index (κ1) is 10.9. The van der Waals surface area contributed by atoms with Crippen molar-refractivity contribution in [3.05, 3.63) is 35.1 Å². The van der Waals surface area contributed by atoms with Gasteiger partial charge in [-0.05, 0) is 31.0 Å². The summed E-state index contributed by atoms with van der Waals surface area (Å²) in [4.78, 5) is 13.2. The van der Waals surface area contributed by atoms with Crippen LogP contribution >= 0.6 is 0 Å². The van der Waals surface area contributed by atoms with Gasteiger partial charge in [0.05, 0.1) is 6.04 Å². The van der Waals surface area contributed by atoms with Crippen molar-refractivity contribution in [2.75, 3.05) is 13.1 Å². The molecule has 1 aromatic rings. The molecule has 1 N–H and O–H groups in total. The highest BCUT2D eigenvalue weighted by molar-refractivity contribution is 5.76. The topological polar surface area (TPSA) is 32.3 Å². The summed E-state index contributed by atoms with van der Waals surface area (Å²) in [6.45, 7) is 4.98. The van der Waals surface area contributed by atoms with Crippen molar-refractivity contribution in [3.8, 4) is 0 Å². The third-order valence-corrected chi connectivity index (χ3v) is 3.04. The lowest BCUT2D eigenvalue weighted by Gasteiger charge is -2.23. The number of halogens is 1. The molecule has 3 nitrogen and oxygen atoms in total. The van der Waals surface area contributed by atoms with E-state index in [1.165, 1.54) is 6.07 Å². The van der Waals surface area contributed by atoms with E-state index in [2.05, 4.69) is 5.32 Å². The summed E-state index contributed by atoms with van der Waals surface area (Å²) in [5.41, 5.74) is 1.46. The molecule has 0 aliphatic carbocycles. The molecule has 2 rings (SSSR count). The molecular formula is C12H15FN2O. The maximum Gasteiger partial charge on any atom is 0.318 e. The molecule has 0 spiro atoms. The van der Waals surface area contributed by atoms with Gasteiger partial charge < -0.3 is 10.2 Å². The van der Waals surface area contributed by atoms with Crippen molar-refractivity contribution in [1.82, 2.24) is 10.2 Å². The highest BCUT2D eigenvalue weighted by Gasteiger charge is 2.25. The Bertz CT molecular complexity index is 419. The van der Waals surface area contributed by atoms with Crippen LogP contribution in [0, 0.1) is 12.7 Å². The number of rotatable bonds is 2. The van der Waals surface area contributed by atoms with E-state index in [1.54, 1.807) is 17.9 Å².